The van der Waals surface area contributed by atoms with Gasteiger partial charge < -0.3 is 4.55 Å². The van der Waals surface area contributed by atoms with Crippen molar-refractivity contribution in [3.63, 3.8) is 0 Å². The molecule has 1 aromatic carbocycles. The highest BCUT2D eigenvalue weighted by atomic mass is 35.5. The van der Waals surface area contributed by atoms with E-state index in [-0.39, 0.29) is 16.4 Å². The van der Waals surface area contributed by atoms with Crippen LogP contribution in [0.15, 0.2) is 17.2 Å². The molecule has 0 fully saturated rings. The molecular weight excluding hydrogens is 267 g/mol. The molecule has 0 aliphatic heterocycles. The molecule has 92 valence electrons. The Kier molecular flexibility index (Phi) is 5.37. The van der Waals surface area contributed by atoms with E-state index in [1.165, 1.54) is 6.07 Å². The number of azide groups is 1. The molecule has 1 rings (SSSR count). The first-order valence-electron chi connectivity index (χ1n) is 4.78. The van der Waals surface area contributed by atoms with Crippen LogP contribution in [0.4, 0.5) is 15.8 Å². The third-order valence-corrected chi connectivity index (χ3v) is 3.43. The van der Waals surface area contributed by atoms with E-state index >= 15 is 0 Å². The lowest BCUT2D eigenvalue weighted by Crippen LogP contribution is -2.16. The van der Waals surface area contributed by atoms with Gasteiger partial charge in [-0.2, -0.15) is 0 Å². The quantitative estimate of drug-likeness (QED) is 0.383. The summed E-state index contributed by atoms with van der Waals surface area (Å²) in [5, 5.41) is 3.08. The van der Waals surface area contributed by atoms with E-state index in [0.29, 0.717) is 5.75 Å². The molecular formula is C9H10ClFN4OS. The van der Waals surface area contributed by atoms with Gasteiger partial charge in [0.15, 0.2) is 0 Å². The Morgan fingerprint density at radius 2 is 2.35 bits per heavy atom. The highest BCUT2D eigenvalue weighted by Crippen LogP contribution is 2.35. The second-order valence-electron chi connectivity index (χ2n) is 3.10. The van der Waals surface area contributed by atoms with Crippen molar-refractivity contribution in [3.05, 3.63) is 33.4 Å². The van der Waals surface area contributed by atoms with Crippen LogP contribution < -0.4 is 4.72 Å². The molecule has 0 aliphatic carbocycles. The fourth-order valence-electron chi connectivity index (χ4n) is 1.12. The largest absolute Gasteiger partial charge is 0.593 e. The Balaban J connectivity index is 3.02. The Morgan fingerprint density at radius 1 is 1.65 bits per heavy atom. The first-order chi connectivity index (χ1) is 8.10. The normalized spacial score (nSPS) is 11.8. The number of hydrogen-bond acceptors (Lipinski definition) is 3. The average molecular weight is 277 g/mol. The van der Waals surface area contributed by atoms with E-state index in [1.54, 1.807) is 0 Å². The number of nitrogens with zero attached hydrogens (tertiary/aromatic N) is 3. The van der Waals surface area contributed by atoms with Crippen LogP contribution in [0.2, 0.25) is 5.02 Å². The van der Waals surface area contributed by atoms with Crippen molar-refractivity contribution in [2.24, 2.45) is 5.11 Å². The molecule has 8 heteroatoms. The van der Waals surface area contributed by atoms with Crippen LogP contribution in [-0.4, -0.2) is 10.3 Å². The van der Waals surface area contributed by atoms with Gasteiger partial charge in [0.2, 0.25) is 0 Å². The zero-order valence-corrected chi connectivity index (χ0v) is 10.6. The van der Waals surface area contributed by atoms with Gasteiger partial charge >= 0.3 is 0 Å². The number of halogens is 2. The summed E-state index contributed by atoms with van der Waals surface area (Å²) in [5.74, 6) is -0.274. The molecule has 1 atom stereocenters. The molecule has 1 aromatic rings. The minimum Gasteiger partial charge on any atom is -0.593 e. The van der Waals surface area contributed by atoms with Gasteiger partial charge in [0.05, 0.1) is 22.1 Å². The average Bonchev–Trinajstić information content (AvgIpc) is 2.29. The van der Waals surface area contributed by atoms with Gasteiger partial charge in [-0.15, -0.1) is 0 Å². The van der Waals surface area contributed by atoms with E-state index in [4.69, 9.17) is 17.1 Å². The van der Waals surface area contributed by atoms with Crippen LogP contribution in [0.3, 0.4) is 0 Å². The zero-order chi connectivity index (χ0) is 12.8. The van der Waals surface area contributed by atoms with Crippen LogP contribution >= 0.6 is 11.6 Å². The first-order valence-corrected chi connectivity index (χ1v) is 6.48. The highest BCUT2D eigenvalue weighted by Gasteiger charge is 2.14. The van der Waals surface area contributed by atoms with Crippen LogP contribution in [-0.2, 0) is 11.4 Å². The van der Waals surface area contributed by atoms with Crippen LogP contribution in [0.25, 0.3) is 10.4 Å². The number of rotatable bonds is 5. The van der Waals surface area contributed by atoms with Crippen molar-refractivity contribution < 1.29 is 8.94 Å². The third kappa shape index (κ3) is 3.67. The molecule has 1 unspecified atom stereocenters. The molecule has 0 spiro atoms. The maximum atomic E-state index is 13.3. The number of hydrogen-bond donors (Lipinski definition) is 1. The van der Waals surface area contributed by atoms with Crippen LogP contribution in [0.1, 0.15) is 13.3 Å². The molecule has 0 saturated heterocycles. The molecule has 0 radical (unpaired) electrons. The van der Waals surface area contributed by atoms with Gasteiger partial charge in [-0.1, -0.05) is 23.6 Å². The maximum Gasteiger partial charge on any atom is 0.134 e. The Labute approximate surface area is 106 Å². The van der Waals surface area contributed by atoms with Gasteiger partial charge in [0.25, 0.3) is 0 Å². The first kappa shape index (κ1) is 13.9. The number of anilines is 1. The Hall–Kier alpha value is -1.14. The molecule has 0 aliphatic rings. The summed E-state index contributed by atoms with van der Waals surface area (Å²) >= 11 is 4.54. The van der Waals surface area contributed by atoms with Crippen LogP contribution in [0.5, 0.6) is 0 Å². The SMILES string of the molecule is CCC[S+]([O-])Nc1ccc(F)c(N=[N+]=[N-])c1Cl. The number of nitrogens with one attached hydrogen (secondary N) is 1. The molecule has 5 nitrogen and oxygen atoms in total. The monoisotopic (exact) mass is 276 g/mol. The molecule has 0 saturated carbocycles. The number of benzene rings is 1. The van der Waals surface area contributed by atoms with E-state index in [1.807, 2.05) is 6.92 Å². The molecule has 0 bridgehead atoms. The summed E-state index contributed by atoms with van der Waals surface area (Å²) in [5.41, 5.74) is 8.26. The summed E-state index contributed by atoms with van der Waals surface area (Å²) in [6.45, 7) is 1.89. The van der Waals surface area contributed by atoms with Crippen LogP contribution in [0, 0.1) is 5.82 Å². The molecule has 0 aromatic heterocycles. The lowest BCUT2D eigenvalue weighted by molar-refractivity contribution is 0.598. The van der Waals surface area contributed by atoms with E-state index < -0.39 is 17.2 Å². The predicted molar refractivity (Wildman–Crippen MR) is 67.1 cm³/mol. The zero-order valence-electron chi connectivity index (χ0n) is 8.98. The maximum absolute atomic E-state index is 13.3. The second kappa shape index (κ2) is 6.56. The fourth-order valence-corrected chi connectivity index (χ4v) is 2.30. The Morgan fingerprint density at radius 3 is 2.94 bits per heavy atom. The standard InChI is InChI=1S/C9H10ClFN4OS/c1-2-5-17(16)14-7-4-3-6(11)9(8(7)10)13-15-12/h3-4,14H,2,5H2,1H3. The summed E-state index contributed by atoms with van der Waals surface area (Å²) in [6.07, 6.45) is 0.738. The molecule has 1 N–H and O–H groups in total. The highest BCUT2D eigenvalue weighted by molar-refractivity contribution is 7.92. The summed E-state index contributed by atoms with van der Waals surface area (Å²) in [7, 11) is 0. The smallest absolute Gasteiger partial charge is 0.134 e. The van der Waals surface area contributed by atoms with Crippen molar-refractivity contribution in [3.8, 4) is 0 Å². The van der Waals surface area contributed by atoms with Crippen molar-refractivity contribution in [2.75, 3.05) is 10.5 Å². The predicted octanol–water partition coefficient (Wildman–Crippen LogP) is 3.91. The second-order valence-corrected chi connectivity index (χ2v) is 4.78. The summed E-state index contributed by atoms with van der Waals surface area (Å²) in [6, 6.07) is 2.45. The topological polar surface area (TPSA) is 83.8 Å². The lowest BCUT2D eigenvalue weighted by Gasteiger charge is -2.13. The van der Waals surface area contributed by atoms with Crippen molar-refractivity contribution in [2.45, 2.75) is 13.3 Å². The van der Waals surface area contributed by atoms with Gasteiger partial charge in [-0.05, 0) is 24.1 Å². The Bertz CT molecular complexity index is 453. The summed E-state index contributed by atoms with van der Waals surface area (Å²) < 4.78 is 27.3. The minimum absolute atomic E-state index is 0.0766. The van der Waals surface area contributed by atoms with E-state index in [2.05, 4.69) is 14.7 Å². The molecule has 17 heavy (non-hydrogen) atoms. The molecule has 0 amide bonds. The van der Waals surface area contributed by atoms with E-state index in [0.717, 1.165) is 12.5 Å². The third-order valence-electron chi connectivity index (χ3n) is 1.82. The fraction of sp³-hybridized carbons (Fsp3) is 0.333. The van der Waals surface area contributed by atoms with Crippen molar-refractivity contribution in [1.29, 1.82) is 0 Å². The van der Waals surface area contributed by atoms with Gasteiger partial charge in [-0.25, -0.2) is 9.11 Å². The van der Waals surface area contributed by atoms with Crippen molar-refractivity contribution >= 4 is 34.3 Å². The summed E-state index contributed by atoms with van der Waals surface area (Å²) in [4.78, 5) is 2.48. The molecule has 0 heterocycles. The van der Waals surface area contributed by atoms with Gasteiger partial charge in [-0.3, -0.25) is 0 Å². The van der Waals surface area contributed by atoms with Gasteiger partial charge in [0.1, 0.15) is 17.3 Å². The lowest BCUT2D eigenvalue weighted by atomic mass is 10.3. The van der Waals surface area contributed by atoms with Crippen molar-refractivity contribution in [1.82, 2.24) is 0 Å². The minimum atomic E-state index is -1.29. The van der Waals surface area contributed by atoms with Gasteiger partial charge in [0, 0.05) is 4.91 Å². The van der Waals surface area contributed by atoms with E-state index in [9.17, 15) is 8.94 Å².